The molecule has 0 aliphatic rings. The Morgan fingerprint density at radius 1 is 0.895 bits per heavy atom. The molecule has 0 amide bonds. The van der Waals surface area contributed by atoms with E-state index in [1.165, 1.54) is 0 Å². The molecule has 3 aromatic rings. The third kappa shape index (κ3) is 1.87. The lowest BCUT2D eigenvalue weighted by molar-refractivity contribution is 1.13. The lowest BCUT2D eigenvalue weighted by atomic mass is 9.98. The molecule has 0 saturated heterocycles. The van der Waals surface area contributed by atoms with Gasteiger partial charge in [0.15, 0.2) is 0 Å². The van der Waals surface area contributed by atoms with E-state index in [0.29, 0.717) is 5.82 Å². The fourth-order valence-electron chi connectivity index (χ4n) is 2.39. The van der Waals surface area contributed by atoms with Crippen LogP contribution in [0, 0.1) is 6.92 Å². The first kappa shape index (κ1) is 11.5. The van der Waals surface area contributed by atoms with Crippen molar-refractivity contribution in [3.63, 3.8) is 0 Å². The van der Waals surface area contributed by atoms with E-state index >= 15 is 0 Å². The predicted octanol–water partition coefficient (Wildman–Crippen LogP) is 2.77. The van der Waals surface area contributed by atoms with Crippen LogP contribution in [0.5, 0.6) is 0 Å². The van der Waals surface area contributed by atoms with Crippen LogP contribution >= 0.6 is 0 Å². The van der Waals surface area contributed by atoms with Gasteiger partial charge in [0.25, 0.3) is 0 Å². The molecule has 0 radical (unpaired) electrons. The van der Waals surface area contributed by atoms with Gasteiger partial charge in [0.05, 0.1) is 5.69 Å². The van der Waals surface area contributed by atoms with E-state index in [1.807, 2.05) is 31.2 Å². The smallest absolute Gasteiger partial charge is 0.222 e. The van der Waals surface area contributed by atoms with Crippen LogP contribution < -0.4 is 11.5 Å². The number of aryl methyl sites for hydroxylation is 1. The van der Waals surface area contributed by atoms with Gasteiger partial charge in [0.1, 0.15) is 5.82 Å². The normalized spacial score (nSPS) is 10.8. The van der Waals surface area contributed by atoms with E-state index in [9.17, 15) is 0 Å². The molecule has 0 bridgehead atoms. The molecule has 0 unspecified atom stereocenters. The van der Waals surface area contributed by atoms with Gasteiger partial charge in [-0.05, 0) is 23.3 Å². The highest BCUT2D eigenvalue weighted by atomic mass is 15.0. The Morgan fingerprint density at radius 2 is 1.63 bits per heavy atom. The maximum atomic E-state index is 6.01. The first-order chi connectivity index (χ1) is 9.16. The molecule has 0 atom stereocenters. The van der Waals surface area contributed by atoms with Gasteiger partial charge >= 0.3 is 0 Å². The van der Waals surface area contributed by atoms with Crippen LogP contribution in [-0.2, 0) is 0 Å². The maximum absolute atomic E-state index is 6.01. The number of aromatic nitrogens is 2. The van der Waals surface area contributed by atoms with Crippen LogP contribution in [-0.4, -0.2) is 9.97 Å². The van der Waals surface area contributed by atoms with Gasteiger partial charge in [-0.3, -0.25) is 0 Å². The second-order valence-electron chi connectivity index (χ2n) is 4.45. The highest BCUT2D eigenvalue weighted by Crippen LogP contribution is 2.33. The van der Waals surface area contributed by atoms with Crippen molar-refractivity contribution in [2.24, 2.45) is 0 Å². The van der Waals surface area contributed by atoms with Gasteiger partial charge in [-0.25, -0.2) is 4.98 Å². The van der Waals surface area contributed by atoms with Crippen LogP contribution in [0.1, 0.15) is 5.69 Å². The summed E-state index contributed by atoms with van der Waals surface area (Å²) in [5.74, 6) is 0.625. The molecule has 0 aliphatic heterocycles. The van der Waals surface area contributed by atoms with E-state index in [2.05, 4.69) is 28.2 Å². The van der Waals surface area contributed by atoms with Crippen LogP contribution in [0.4, 0.5) is 11.8 Å². The van der Waals surface area contributed by atoms with E-state index < -0.39 is 0 Å². The summed E-state index contributed by atoms with van der Waals surface area (Å²) >= 11 is 0. The zero-order chi connectivity index (χ0) is 13.4. The Labute approximate surface area is 111 Å². The van der Waals surface area contributed by atoms with Gasteiger partial charge in [-0.2, -0.15) is 4.98 Å². The first-order valence-corrected chi connectivity index (χ1v) is 6.04. The average Bonchev–Trinajstić information content (AvgIpc) is 2.38. The van der Waals surface area contributed by atoms with Gasteiger partial charge in [0, 0.05) is 5.56 Å². The van der Waals surface area contributed by atoms with E-state index in [4.69, 9.17) is 11.5 Å². The quantitative estimate of drug-likeness (QED) is 0.696. The molecule has 4 heteroatoms. The predicted molar refractivity (Wildman–Crippen MR) is 78.5 cm³/mol. The van der Waals surface area contributed by atoms with Crippen molar-refractivity contribution in [2.75, 3.05) is 11.5 Å². The summed E-state index contributed by atoms with van der Waals surface area (Å²) in [4.78, 5) is 8.27. The molecule has 19 heavy (non-hydrogen) atoms. The molecule has 1 aromatic heterocycles. The summed E-state index contributed by atoms with van der Waals surface area (Å²) in [6.07, 6.45) is 0. The fraction of sp³-hybridized carbons (Fsp3) is 0.0667. The Bertz CT molecular complexity index is 737. The molecule has 0 spiro atoms. The Morgan fingerprint density at radius 3 is 2.42 bits per heavy atom. The fourth-order valence-corrected chi connectivity index (χ4v) is 2.39. The molecule has 0 aliphatic carbocycles. The summed E-state index contributed by atoms with van der Waals surface area (Å²) in [5.41, 5.74) is 14.3. The second-order valence-corrected chi connectivity index (χ2v) is 4.45. The van der Waals surface area contributed by atoms with Crippen LogP contribution in [0.25, 0.3) is 21.9 Å². The molecule has 4 nitrogen and oxygen atoms in total. The Kier molecular flexibility index (Phi) is 2.56. The molecular formula is C15H14N4. The molecule has 1 heterocycles. The molecule has 94 valence electrons. The summed E-state index contributed by atoms with van der Waals surface area (Å²) in [6, 6.07) is 14.3. The largest absolute Gasteiger partial charge is 0.383 e. The zero-order valence-corrected chi connectivity index (χ0v) is 10.6. The monoisotopic (exact) mass is 250 g/mol. The van der Waals surface area contributed by atoms with Crippen molar-refractivity contribution in [1.82, 2.24) is 9.97 Å². The SMILES string of the molecule is Cc1nc(N)nc(N)c1-c1cccc2ccccc12. The number of fused-ring (bicyclic) bond motifs is 1. The van der Waals surface area contributed by atoms with Gasteiger partial charge in [-0.1, -0.05) is 42.5 Å². The third-order valence-corrected chi connectivity index (χ3v) is 3.19. The average molecular weight is 250 g/mol. The Balaban J connectivity index is 2.37. The molecule has 0 fully saturated rings. The number of hydrogen-bond donors (Lipinski definition) is 2. The molecular weight excluding hydrogens is 236 g/mol. The van der Waals surface area contributed by atoms with E-state index in [-0.39, 0.29) is 5.95 Å². The molecule has 3 rings (SSSR count). The number of hydrogen-bond acceptors (Lipinski definition) is 4. The number of nitrogens with two attached hydrogens (primary N) is 2. The topological polar surface area (TPSA) is 77.8 Å². The Hall–Kier alpha value is -2.62. The van der Waals surface area contributed by atoms with Gasteiger partial charge < -0.3 is 11.5 Å². The van der Waals surface area contributed by atoms with E-state index in [1.54, 1.807) is 0 Å². The van der Waals surface area contributed by atoms with Crippen LogP contribution in [0.2, 0.25) is 0 Å². The van der Waals surface area contributed by atoms with Crippen LogP contribution in [0.3, 0.4) is 0 Å². The number of anilines is 2. The number of nitrogen functional groups attached to an aromatic ring is 2. The van der Waals surface area contributed by atoms with Gasteiger partial charge in [0.2, 0.25) is 5.95 Å². The zero-order valence-electron chi connectivity index (χ0n) is 10.6. The number of nitrogens with zero attached hydrogens (tertiary/aromatic N) is 2. The van der Waals surface area contributed by atoms with Crippen molar-refractivity contribution < 1.29 is 0 Å². The number of rotatable bonds is 1. The van der Waals surface area contributed by atoms with Crippen molar-refractivity contribution in [3.05, 3.63) is 48.2 Å². The minimum atomic E-state index is 0.207. The molecule has 4 N–H and O–H groups in total. The summed E-state index contributed by atoms with van der Waals surface area (Å²) in [6.45, 7) is 1.89. The summed E-state index contributed by atoms with van der Waals surface area (Å²) in [5, 5.41) is 2.30. The minimum Gasteiger partial charge on any atom is -0.383 e. The van der Waals surface area contributed by atoms with Crippen molar-refractivity contribution in [2.45, 2.75) is 6.92 Å². The van der Waals surface area contributed by atoms with Crippen molar-refractivity contribution in [1.29, 1.82) is 0 Å². The highest BCUT2D eigenvalue weighted by Gasteiger charge is 2.12. The second kappa shape index (κ2) is 4.24. The van der Waals surface area contributed by atoms with Crippen molar-refractivity contribution >= 4 is 22.5 Å². The van der Waals surface area contributed by atoms with Gasteiger partial charge in [-0.15, -0.1) is 0 Å². The first-order valence-electron chi connectivity index (χ1n) is 6.04. The summed E-state index contributed by atoms with van der Waals surface area (Å²) < 4.78 is 0. The number of benzene rings is 2. The molecule has 2 aromatic carbocycles. The molecule has 0 saturated carbocycles. The highest BCUT2D eigenvalue weighted by molar-refractivity contribution is 5.99. The van der Waals surface area contributed by atoms with E-state index in [0.717, 1.165) is 27.6 Å². The lowest BCUT2D eigenvalue weighted by Crippen LogP contribution is -2.04. The minimum absolute atomic E-state index is 0.207. The summed E-state index contributed by atoms with van der Waals surface area (Å²) in [7, 11) is 0. The van der Waals surface area contributed by atoms with Crippen molar-refractivity contribution in [3.8, 4) is 11.1 Å². The standard InChI is InChI=1S/C15H14N4/c1-9-13(14(16)19-15(17)18-9)12-8-4-6-10-5-2-3-7-11(10)12/h2-8H,1H3,(H4,16,17,18,19). The lowest BCUT2D eigenvalue weighted by Gasteiger charge is -2.11. The third-order valence-electron chi connectivity index (χ3n) is 3.19. The maximum Gasteiger partial charge on any atom is 0.222 e. The van der Waals surface area contributed by atoms with Crippen LogP contribution in [0.15, 0.2) is 42.5 Å².